The van der Waals surface area contributed by atoms with Gasteiger partial charge in [0, 0.05) is 25.2 Å². The third-order valence-corrected chi connectivity index (χ3v) is 3.55. The van der Waals surface area contributed by atoms with Crippen molar-refractivity contribution in [1.82, 2.24) is 4.90 Å². The van der Waals surface area contributed by atoms with Crippen molar-refractivity contribution in [3.63, 3.8) is 0 Å². The third-order valence-electron chi connectivity index (χ3n) is 3.55. The lowest BCUT2D eigenvalue weighted by Gasteiger charge is -2.29. The van der Waals surface area contributed by atoms with Gasteiger partial charge in [-0.25, -0.2) is 0 Å². The Labute approximate surface area is 114 Å². The first-order valence-corrected chi connectivity index (χ1v) is 6.91. The average molecular weight is 262 g/mol. The number of para-hydroxylation sites is 1. The molecule has 1 fully saturated rings. The van der Waals surface area contributed by atoms with E-state index < -0.39 is 0 Å². The quantitative estimate of drug-likeness (QED) is 0.869. The number of piperidine rings is 1. The first kappa shape index (κ1) is 14.0. The van der Waals surface area contributed by atoms with Gasteiger partial charge in [0.15, 0.2) is 0 Å². The maximum atomic E-state index is 11.9. The molecule has 4 heteroatoms. The summed E-state index contributed by atoms with van der Waals surface area (Å²) in [5.41, 5.74) is 1.95. The predicted molar refractivity (Wildman–Crippen MR) is 76.1 cm³/mol. The van der Waals surface area contributed by atoms with Crippen molar-refractivity contribution in [1.29, 1.82) is 0 Å². The Kier molecular flexibility index (Phi) is 4.93. The number of benzene rings is 1. The standard InChI is InChI=1S/C15H22N2O2/c1-12-5-2-3-7-14(12)16-15(19)8-10-17-9-4-6-13(18)11-17/h2-3,5,7,13,18H,4,6,8-11H2,1H3,(H,16,19). The van der Waals surface area contributed by atoms with Crippen molar-refractivity contribution in [2.75, 3.05) is 25.0 Å². The molecule has 0 bridgehead atoms. The number of aryl methyl sites for hydroxylation is 1. The van der Waals surface area contributed by atoms with Gasteiger partial charge in [0.1, 0.15) is 0 Å². The predicted octanol–water partition coefficient (Wildman–Crippen LogP) is 1.78. The van der Waals surface area contributed by atoms with Crippen LogP contribution >= 0.6 is 0 Å². The van der Waals surface area contributed by atoms with Gasteiger partial charge < -0.3 is 15.3 Å². The minimum absolute atomic E-state index is 0.0364. The Hall–Kier alpha value is -1.39. The molecular formula is C15H22N2O2. The molecule has 4 nitrogen and oxygen atoms in total. The lowest BCUT2D eigenvalue weighted by atomic mass is 10.1. The lowest BCUT2D eigenvalue weighted by molar-refractivity contribution is -0.116. The smallest absolute Gasteiger partial charge is 0.225 e. The zero-order chi connectivity index (χ0) is 13.7. The minimum Gasteiger partial charge on any atom is -0.392 e. The van der Waals surface area contributed by atoms with Crippen LogP contribution < -0.4 is 5.32 Å². The van der Waals surface area contributed by atoms with Gasteiger partial charge in [-0.05, 0) is 37.9 Å². The Bertz CT molecular complexity index is 434. The molecule has 0 spiro atoms. The largest absolute Gasteiger partial charge is 0.392 e. The van der Waals surface area contributed by atoms with Gasteiger partial charge in [-0.3, -0.25) is 4.79 Å². The number of hydrogen-bond acceptors (Lipinski definition) is 3. The van der Waals surface area contributed by atoms with Crippen LogP contribution in [0.5, 0.6) is 0 Å². The second-order valence-electron chi connectivity index (χ2n) is 5.21. The third kappa shape index (κ3) is 4.33. The van der Waals surface area contributed by atoms with Crippen molar-refractivity contribution in [3.8, 4) is 0 Å². The van der Waals surface area contributed by atoms with Crippen LogP contribution in [-0.2, 0) is 4.79 Å². The molecule has 2 rings (SSSR count). The van der Waals surface area contributed by atoms with Crippen LogP contribution in [0, 0.1) is 6.92 Å². The molecule has 0 aliphatic carbocycles. The molecule has 0 aromatic heterocycles. The van der Waals surface area contributed by atoms with E-state index in [4.69, 9.17) is 0 Å². The SMILES string of the molecule is Cc1ccccc1NC(=O)CCN1CCCC(O)C1. The highest BCUT2D eigenvalue weighted by atomic mass is 16.3. The maximum absolute atomic E-state index is 11.9. The van der Waals surface area contributed by atoms with Crippen molar-refractivity contribution < 1.29 is 9.90 Å². The first-order chi connectivity index (χ1) is 9.15. The fraction of sp³-hybridized carbons (Fsp3) is 0.533. The number of carbonyl (C=O) groups excluding carboxylic acids is 1. The highest BCUT2D eigenvalue weighted by molar-refractivity contribution is 5.91. The average Bonchev–Trinajstić information content (AvgIpc) is 2.39. The highest BCUT2D eigenvalue weighted by Crippen LogP contribution is 2.14. The number of carbonyl (C=O) groups is 1. The number of likely N-dealkylation sites (tertiary alicyclic amines) is 1. The van der Waals surface area contributed by atoms with Gasteiger partial charge in [-0.15, -0.1) is 0 Å². The highest BCUT2D eigenvalue weighted by Gasteiger charge is 2.18. The fourth-order valence-corrected chi connectivity index (χ4v) is 2.42. The van der Waals surface area contributed by atoms with Gasteiger partial charge in [-0.2, -0.15) is 0 Å². The molecule has 1 saturated heterocycles. The van der Waals surface area contributed by atoms with Crippen molar-refractivity contribution in [2.45, 2.75) is 32.3 Å². The number of rotatable bonds is 4. The topological polar surface area (TPSA) is 52.6 Å². The van der Waals surface area contributed by atoms with Crippen LogP contribution in [0.4, 0.5) is 5.69 Å². The summed E-state index contributed by atoms with van der Waals surface area (Å²) in [4.78, 5) is 14.0. The molecule has 1 heterocycles. The molecule has 1 amide bonds. The first-order valence-electron chi connectivity index (χ1n) is 6.91. The van der Waals surface area contributed by atoms with E-state index >= 15 is 0 Å². The number of nitrogens with zero attached hydrogens (tertiary/aromatic N) is 1. The van der Waals surface area contributed by atoms with E-state index in [1.807, 2.05) is 31.2 Å². The number of aliphatic hydroxyl groups is 1. The van der Waals surface area contributed by atoms with E-state index in [2.05, 4.69) is 10.2 Å². The van der Waals surface area contributed by atoms with E-state index in [1.54, 1.807) is 0 Å². The zero-order valence-corrected chi connectivity index (χ0v) is 11.4. The zero-order valence-electron chi connectivity index (χ0n) is 11.4. The molecule has 2 N–H and O–H groups in total. The summed E-state index contributed by atoms with van der Waals surface area (Å²) < 4.78 is 0. The molecule has 104 valence electrons. The Morgan fingerprint density at radius 2 is 2.26 bits per heavy atom. The van der Waals surface area contributed by atoms with Crippen LogP contribution in [0.3, 0.4) is 0 Å². The number of hydrogen-bond donors (Lipinski definition) is 2. The van der Waals surface area contributed by atoms with Crippen LogP contribution in [0.25, 0.3) is 0 Å². The Morgan fingerprint density at radius 1 is 1.47 bits per heavy atom. The second-order valence-corrected chi connectivity index (χ2v) is 5.21. The molecule has 19 heavy (non-hydrogen) atoms. The second kappa shape index (κ2) is 6.68. The van der Waals surface area contributed by atoms with E-state index in [9.17, 15) is 9.90 Å². The van der Waals surface area contributed by atoms with Gasteiger partial charge in [0.05, 0.1) is 6.10 Å². The van der Waals surface area contributed by atoms with E-state index in [1.165, 1.54) is 0 Å². The molecule has 1 aromatic rings. The van der Waals surface area contributed by atoms with Gasteiger partial charge in [-0.1, -0.05) is 18.2 Å². The van der Waals surface area contributed by atoms with Crippen molar-refractivity contribution >= 4 is 11.6 Å². The summed E-state index contributed by atoms with van der Waals surface area (Å²) in [5, 5.41) is 12.5. The van der Waals surface area contributed by atoms with Gasteiger partial charge in [0.2, 0.25) is 5.91 Å². The number of amides is 1. The van der Waals surface area contributed by atoms with Gasteiger partial charge >= 0.3 is 0 Å². The number of nitrogens with one attached hydrogen (secondary N) is 1. The maximum Gasteiger partial charge on any atom is 0.225 e. The summed E-state index contributed by atoms with van der Waals surface area (Å²) in [6.07, 6.45) is 2.14. The summed E-state index contributed by atoms with van der Waals surface area (Å²) in [5.74, 6) is 0.0364. The van der Waals surface area contributed by atoms with Gasteiger partial charge in [0.25, 0.3) is 0 Å². The monoisotopic (exact) mass is 262 g/mol. The summed E-state index contributed by atoms with van der Waals surface area (Å²) in [6.45, 7) is 4.37. The molecule has 1 aliphatic heterocycles. The number of aliphatic hydroxyl groups excluding tert-OH is 1. The van der Waals surface area contributed by atoms with E-state index in [0.717, 1.165) is 37.2 Å². The fourth-order valence-electron chi connectivity index (χ4n) is 2.42. The van der Waals surface area contributed by atoms with Crippen LogP contribution in [0.15, 0.2) is 24.3 Å². The van der Waals surface area contributed by atoms with Crippen LogP contribution in [0.2, 0.25) is 0 Å². The summed E-state index contributed by atoms with van der Waals surface area (Å²) in [6, 6.07) is 7.78. The van der Waals surface area contributed by atoms with E-state index in [-0.39, 0.29) is 12.0 Å². The normalized spacial score (nSPS) is 20.2. The molecular weight excluding hydrogens is 240 g/mol. The molecule has 1 aliphatic rings. The molecule has 1 unspecified atom stereocenters. The summed E-state index contributed by atoms with van der Waals surface area (Å²) in [7, 11) is 0. The van der Waals surface area contributed by atoms with Crippen molar-refractivity contribution in [2.24, 2.45) is 0 Å². The van der Waals surface area contributed by atoms with Crippen LogP contribution in [-0.4, -0.2) is 41.7 Å². The Balaban J connectivity index is 1.77. The van der Waals surface area contributed by atoms with Crippen molar-refractivity contribution in [3.05, 3.63) is 29.8 Å². The lowest BCUT2D eigenvalue weighted by Crippen LogP contribution is -2.39. The molecule has 0 saturated carbocycles. The number of anilines is 1. The van der Waals surface area contributed by atoms with E-state index in [0.29, 0.717) is 13.0 Å². The summed E-state index contributed by atoms with van der Waals surface area (Å²) >= 11 is 0. The molecule has 1 aromatic carbocycles. The molecule has 0 radical (unpaired) electrons. The molecule has 1 atom stereocenters. The van der Waals surface area contributed by atoms with Crippen LogP contribution in [0.1, 0.15) is 24.8 Å². The number of β-amino-alcohol motifs (C(OH)–C–C–N with tert-alkyl or cyclic N) is 1. The minimum atomic E-state index is -0.229. The Morgan fingerprint density at radius 3 is 3.00 bits per heavy atom.